The zero-order valence-electron chi connectivity index (χ0n) is 13.9. The molecule has 0 aromatic heterocycles. The molecule has 0 aliphatic heterocycles. The van der Waals surface area contributed by atoms with E-state index in [1.54, 1.807) is 18.2 Å². The number of benzene rings is 3. The number of aliphatic carboxylic acids is 1. The van der Waals surface area contributed by atoms with Crippen LogP contribution in [-0.2, 0) is 11.2 Å². The van der Waals surface area contributed by atoms with Gasteiger partial charge in [-0.1, -0.05) is 60.1 Å². The van der Waals surface area contributed by atoms with Crippen LogP contribution >= 0.6 is 11.6 Å². The minimum atomic E-state index is -1.04. The summed E-state index contributed by atoms with van der Waals surface area (Å²) in [5, 5.41) is 9.41. The van der Waals surface area contributed by atoms with Gasteiger partial charge in [0.2, 0.25) is 0 Å². The third-order valence-corrected chi connectivity index (χ3v) is 4.25. The molecule has 132 valence electrons. The molecule has 26 heavy (non-hydrogen) atoms. The van der Waals surface area contributed by atoms with E-state index in [4.69, 9.17) is 27.2 Å². The highest BCUT2D eigenvalue weighted by Gasteiger charge is 2.14. The Balaban J connectivity index is 1.84. The van der Waals surface area contributed by atoms with Crippen molar-refractivity contribution in [3.8, 4) is 22.6 Å². The van der Waals surface area contributed by atoms with Gasteiger partial charge in [-0.05, 0) is 47.4 Å². The molecular formula is C21H18ClNO3. The van der Waals surface area contributed by atoms with Crippen LogP contribution in [-0.4, -0.2) is 17.1 Å². The molecule has 0 aliphatic rings. The van der Waals surface area contributed by atoms with Gasteiger partial charge in [-0.25, -0.2) is 0 Å². The smallest absolute Gasteiger partial charge is 0.320 e. The van der Waals surface area contributed by atoms with E-state index in [1.807, 2.05) is 54.6 Å². The first-order valence-corrected chi connectivity index (χ1v) is 8.51. The standard InChI is InChI=1S/C21H18ClNO3/c22-18-10-9-14(11-19(23)21(24)25)12-20(18)26-17-8-4-7-16(13-17)15-5-2-1-3-6-15/h1-10,12-13,19H,11,23H2,(H,24,25). The lowest BCUT2D eigenvalue weighted by Crippen LogP contribution is -2.32. The van der Waals surface area contributed by atoms with Gasteiger partial charge in [0.25, 0.3) is 0 Å². The summed E-state index contributed by atoms with van der Waals surface area (Å²) in [5.74, 6) is 0.0675. The van der Waals surface area contributed by atoms with Crippen molar-refractivity contribution in [1.29, 1.82) is 0 Å². The summed E-state index contributed by atoms with van der Waals surface area (Å²) in [5.41, 5.74) is 8.47. The zero-order valence-corrected chi connectivity index (χ0v) is 14.7. The molecule has 0 saturated heterocycles. The zero-order chi connectivity index (χ0) is 18.5. The third-order valence-electron chi connectivity index (χ3n) is 3.94. The van der Waals surface area contributed by atoms with Crippen molar-refractivity contribution < 1.29 is 14.6 Å². The Morgan fingerprint density at radius 2 is 1.73 bits per heavy atom. The fourth-order valence-electron chi connectivity index (χ4n) is 2.59. The van der Waals surface area contributed by atoms with Crippen LogP contribution in [0.15, 0.2) is 72.8 Å². The van der Waals surface area contributed by atoms with Gasteiger partial charge >= 0.3 is 5.97 Å². The summed E-state index contributed by atoms with van der Waals surface area (Å²) < 4.78 is 5.93. The van der Waals surface area contributed by atoms with E-state index < -0.39 is 12.0 Å². The topological polar surface area (TPSA) is 72.5 Å². The second-order valence-corrected chi connectivity index (χ2v) is 6.32. The molecule has 4 nitrogen and oxygen atoms in total. The molecule has 0 amide bonds. The number of carboxylic acid groups (broad SMARTS) is 1. The van der Waals surface area contributed by atoms with E-state index >= 15 is 0 Å². The first-order chi connectivity index (χ1) is 12.5. The van der Waals surface area contributed by atoms with Crippen molar-refractivity contribution in [2.45, 2.75) is 12.5 Å². The van der Waals surface area contributed by atoms with Crippen LogP contribution in [0.1, 0.15) is 5.56 Å². The number of hydrogen-bond acceptors (Lipinski definition) is 3. The molecule has 0 bridgehead atoms. The van der Waals surface area contributed by atoms with Gasteiger partial charge in [-0.2, -0.15) is 0 Å². The average Bonchev–Trinajstić information content (AvgIpc) is 2.65. The van der Waals surface area contributed by atoms with E-state index in [0.717, 1.165) is 16.7 Å². The summed E-state index contributed by atoms with van der Waals surface area (Å²) >= 11 is 6.23. The molecule has 0 fully saturated rings. The van der Waals surface area contributed by atoms with Crippen molar-refractivity contribution in [2.24, 2.45) is 5.73 Å². The lowest BCUT2D eigenvalue weighted by molar-refractivity contribution is -0.138. The van der Waals surface area contributed by atoms with Crippen LogP contribution in [0, 0.1) is 0 Å². The predicted molar refractivity (Wildman–Crippen MR) is 103 cm³/mol. The van der Waals surface area contributed by atoms with Crippen LogP contribution in [0.4, 0.5) is 0 Å². The van der Waals surface area contributed by atoms with Crippen molar-refractivity contribution in [3.05, 3.63) is 83.4 Å². The normalized spacial score (nSPS) is 11.8. The van der Waals surface area contributed by atoms with Gasteiger partial charge < -0.3 is 15.6 Å². The molecule has 3 N–H and O–H groups in total. The number of hydrogen-bond donors (Lipinski definition) is 2. The van der Waals surface area contributed by atoms with Gasteiger partial charge in [0.1, 0.15) is 17.5 Å². The Hall–Kier alpha value is -2.82. The van der Waals surface area contributed by atoms with Crippen LogP contribution < -0.4 is 10.5 Å². The molecule has 1 atom stereocenters. The Morgan fingerprint density at radius 3 is 2.46 bits per heavy atom. The highest BCUT2D eigenvalue weighted by Crippen LogP contribution is 2.32. The molecule has 3 aromatic carbocycles. The second-order valence-electron chi connectivity index (χ2n) is 5.91. The first kappa shape index (κ1) is 18.0. The quantitative estimate of drug-likeness (QED) is 0.659. The van der Waals surface area contributed by atoms with Crippen molar-refractivity contribution in [2.75, 3.05) is 0 Å². The van der Waals surface area contributed by atoms with Crippen LogP contribution in [0.25, 0.3) is 11.1 Å². The fraction of sp³-hybridized carbons (Fsp3) is 0.0952. The minimum Gasteiger partial charge on any atom is -0.480 e. The van der Waals surface area contributed by atoms with Gasteiger partial charge in [-0.3, -0.25) is 4.79 Å². The molecule has 3 aromatic rings. The molecule has 0 saturated carbocycles. The predicted octanol–water partition coefficient (Wildman–Crippen LogP) is 4.75. The van der Waals surface area contributed by atoms with Crippen LogP contribution in [0.2, 0.25) is 5.02 Å². The Kier molecular flexibility index (Phi) is 5.56. The molecule has 0 aliphatic carbocycles. The first-order valence-electron chi connectivity index (χ1n) is 8.13. The van der Waals surface area contributed by atoms with E-state index in [9.17, 15) is 4.79 Å². The number of carbonyl (C=O) groups is 1. The van der Waals surface area contributed by atoms with Gasteiger partial charge in [0.15, 0.2) is 0 Å². The van der Waals surface area contributed by atoms with Crippen LogP contribution in [0.3, 0.4) is 0 Å². The minimum absolute atomic E-state index is 0.201. The van der Waals surface area contributed by atoms with E-state index in [0.29, 0.717) is 16.5 Å². The Labute approximate surface area is 156 Å². The molecule has 5 heteroatoms. The number of carboxylic acids is 1. The number of ether oxygens (including phenoxy) is 1. The summed E-state index contributed by atoms with van der Waals surface area (Å²) in [4.78, 5) is 10.9. The highest BCUT2D eigenvalue weighted by molar-refractivity contribution is 6.32. The van der Waals surface area contributed by atoms with Crippen molar-refractivity contribution in [1.82, 2.24) is 0 Å². The molecular weight excluding hydrogens is 350 g/mol. The second kappa shape index (κ2) is 8.04. The fourth-order valence-corrected chi connectivity index (χ4v) is 2.75. The summed E-state index contributed by atoms with van der Waals surface area (Å²) in [6.07, 6.45) is 0.201. The molecule has 0 spiro atoms. The Morgan fingerprint density at radius 1 is 1.00 bits per heavy atom. The number of halogens is 1. The van der Waals surface area contributed by atoms with Crippen molar-refractivity contribution in [3.63, 3.8) is 0 Å². The van der Waals surface area contributed by atoms with Crippen LogP contribution in [0.5, 0.6) is 11.5 Å². The highest BCUT2D eigenvalue weighted by atomic mass is 35.5. The summed E-state index contributed by atoms with van der Waals surface area (Å²) in [7, 11) is 0. The van der Waals surface area contributed by atoms with Crippen molar-refractivity contribution >= 4 is 17.6 Å². The molecule has 0 heterocycles. The number of nitrogens with two attached hydrogens (primary N) is 1. The number of rotatable bonds is 6. The van der Waals surface area contributed by atoms with E-state index in [2.05, 4.69) is 0 Å². The summed E-state index contributed by atoms with van der Waals surface area (Å²) in [6, 6.07) is 21.9. The Bertz CT molecular complexity index is 912. The molecule has 3 rings (SSSR count). The lowest BCUT2D eigenvalue weighted by atomic mass is 10.1. The van der Waals surface area contributed by atoms with Gasteiger partial charge in [0.05, 0.1) is 5.02 Å². The maximum Gasteiger partial charge on any atom is 0.320 e. The van der Waals surface area contributed by atoms with E-state index in [1.165, 1.54) is 0 Å². The largest absolute Gasteiger partial charge is 0.480 e. The maximum absolute atomic E-state index is 10.9. The van der Waals surface area contributed by atoms with Gasteiger partial charge in [-0.15, -0.1) is 0 Å². The summed E-state index contributed by atoms with van der Waals surface area (Å²) in [6.45, 7) is 0. The third kappa shape index (κ3) is 4.42. The lowest BCUT2D eigenvalue weighted by Gasteiger charge is -2.12. The monoisotopic (exact) mass is 367 g/mol. The average molecular weight is 368 g/mol. The molecule has 1 unspecified atom stereocenters. The maximum atomic E-state index is 10.9. The van der Waals surface area contributed by atoms with E-state index in [-0.39, 0.29) is 6.42 Å². The molecule has 0 radical (unpaired) electrons. The van der Waals surface area contributed by atoms with Gasteiger partial charge in [0, 0.05) is 0 Å². The SMILES string of the molecule is NC(Cc1ccc(Cl)c(Oc2cccc(-c3ccccc3)c2)c1)C(=O)O.